The fraction of sp³-hybridized carbons (Fsp3) is 0.250. The quantitative estimate of drug-likeness (QED) is 0.484. The van der Waals surface area contributed by atoms with Crippen molar-refractivity contribution in [2.75, 3.05) is 23.8 Å². The number of carbonyl (C=O) groups excluding carboxylic acids is 2. The Hall–Kier alpha value is -2.78. The van der Waals surface area contributed by atoms with Crippen LogP contribution in [0.2, 0.25) is 0 Å². The number of amides is 1. The van der Waals surface area contributed by atoms with Gasteiger partial charge in [0.1, 0.15) is 5.69 Å². The molecule has 0 saturated carbocycles. The molecule has 0 saturated heterocycles. The minimum absolute atomic E-state index is 0.0153. The molecule has 10 heteroatoms. The second kappa shape index (κ2) is 7.63. The van der Waals surface area contributed by atoms with Crippen LogP contribution in [0.5, 0.6) is 0 Å². The van der Waals surface area contributed by atoms with Crippen LogP contribution >= 0.6 is 0 Å². The molecule has 0 aliphatic rings. The maximum absolute atomic E-state index is 14.1. The summed E-state index contributed by atoms with van der Waals surface area (Å²) in [6.07, 6.45) is -3.98. The molecule has 0 spiro atoms. The van der Waals surface area contributed by atoms with Gasteiger partial charge >= 0.3 is 6.18 Å². The maximum atomic E-state index is 14.1. The number of anilines is 2. The van der Waals surface area contributed by atoms with Crippen molar-refractivity contribution in [3.63, 3.8) is 0 Å². The van der Waals surface area contributed by atoms with Crippen LogP contribution < -0.4 is 10.2 Å². The fourth-order valence-electron chi connectivity index (χ4n) is 2.46. The maximum Gasteiger partial charge on any atom is 0.416 e. The summed E-state index contributed by atoms with van der Waals surface area (Å²) in [6, 6.07) is 5.61. The Kier molecular flexibility index (Phi) is 5.74. The van der Waals surface area contributed by atoms with Crippen LogP contribution in [-0.2, 0) is 12.7 Å². The first kappa shape index (κ1) is 19.5. The van der Waals surface area contributed by atoms with Gasteiger partial charge in [-0.1, -0.05) is 0 Å². The van der Waals surface area contributed by atoms with Gasteiger partial charge in [-0.05, 0) is 24.3 Å². The summed E-state index contributed by atoms with van der Waals surface area (Å²) in [5.41, 5.74) is -0.185. The van der Waals surface area contributed by atoms with E-state index in [0.29, 0.717) is 12.0 Å². The number of hydrogen-bond donors (Lipinski definition) is 1. The number of alkyl halides is 3. The first-order valence-electron chi connectivity index (χ1n) is 7.63. The zero-order valence-electron chi connectivity index (χ0n) is 14.1. The number of halogens is 4. The second-order valence-corrected chi connectivity index (χ2v) is 5.68. The van der Waals surface area contributed by atoms with Gasteiger partial charge in [-0.3, -0.25) is 9.59 Å². The molecule has 0 atom stereocenters. The second-order valence-electron chi connectivity index (χ2n) is 5.68. The third-order valence-corrected chi connectivity index (χ3v) is 3.80. The van der Waals surface area contributed by atoms with Crippen molar-refractivity contribution in [1.29, 1.82) is 0 Å². The predicted molar refractivity (Wildman–Crippen MR) is 92.1 cm³/mol. The monoisotopic (exact) mass is 369 g/mol. The molecule has 0 bridgehead atoms. The highest BCUT2D eigenvalue weighted by atomic mass is 19.4. The van der Waals surface area contributed by atoms with Gasteiger partial charge in [-0.2, -0.15) is 17.6 Å². The summed E-state index contributed by atoms with van der Waals surface area (Å²) in [7, 11) is 2.88. The molecule has 26 heavy (non-hydrogen) atoms. The molecule has 2 aromatic rings. The number of hydrogen-bond acceptors (Lipinski definition) is 3. The van der Waals surface area contributed by atoms with Gasteiger partial charge in [-0.25, -0.2) is 0 Å². The zero-order chi connectivity index (χ0) is 19.5. The van der Waals surface area contributed by atoms with Gasteiger partial charge < -0.3 is 14.8 Å². The Morgan fingerprint density at radius 1 is 1.31 bits per heavy atom. The molecule has 0 fully saturated rings. The number of nitrogens with one attached hydrogen (secondary N) is 1. The third kappa shape index (κ3) is 4.44. The summed E-state index contributed by atoms with van der Waals surface area (Å²) in [4.78, 5) is 24.0. The molecule has 0 unspecified atom stereocenters. The number of carbonyl (C=O) groups is 2. The highest BCUT2D eigenvalue weighted by Gasteiger charge is 2.30. The number of nitrogens with zero attached hydrogens (tertiary/aromatic N) is 2. The van der Waals surface area contributed by atoms with Gasteiger partial charge in [0, 0.05) is 31.9 Å². The highest BCUT2D eigenvalue weighted by Crippen LogP contribution is 2.30. The minimum atomic E-state index is -4.41. The van der Waals surface area contributed by atoms with E-state index in [1.54, 1.807) is 11.9 Å². The van der Waals surface area contributed by atoms with Gasteiger partial charge in [0.05, 0.1) is 11.3 Å². The number of rotatable bonds is 6. The van der Waals surface area contributed by atoms with Crippen molar-refractivity contribution in [1.82, 2.24) is 4.57 Å². The summed E-state index contributed by atoms with van der Waals surface area (Å²) < 4.78 is 52.9. The third-order valence-electron chi connectivity index (χ3n) is 3.80. The van der Waals surface area contributed by atoms with Crippen LogP contribution in [0.1, 0.15) is 16.1 Å². The van der Waals surface area contributed by atoms with Gasteiger partial charge in [0.15, 0.2) is 18.0 Å². The number of likely N-dealkylation sites (N-methyl/N-ethyl adjacent to an activating group) is 1. The molecule has 5 nitrogen and oxygen atoms in total. The number of aromatic nitrogens is 1. The SMILES string of the molecule is BC(=O)Nc1cc(F)n(CCN(C)c2ccc(C(F)(F)F)cc2)c1C=O. The van der Waals surface area contributed by atoms with Crippen molar-refractivity contribution in [2.24, 2.45) is 0 Å². The van der Waals surface area contributed by atoms with E-state index in [-0.39, 0.29) is 24.5 Å². The van der Waals surface area contributed by atoms with Crippen molar-refractivity contribution in [3.8, 4) is 0 Å². The Labute approximate surface area is 148 Å². The summed E-state index contributed by atoms with van der Waals surface area (Å²) >= 11 is 0. The van der Waals surface area contributed by atoms with Crippen molar-refractivity contribution in [2.45, 2.75) is 12.7 Å². The largest absolute Gasteiger partial charge is 0.416 e. The van der Waals surface area contributed by atoms with E-state index in [1.165, 1.54) is 20.0 Å². The van der Waals surface area contributed by atoms with Crippen LogP contribution in [-0.4, -0.2) is 38.1 Å². The first-order chi connectivity index (χ1) is 12.1. The van der Waals surface area contributed by atoms with E-state index in [1.807, 2.05) is 0 Å². The molecule has 0 aliphatic carbocycles. The predicted octanol–water partition coefficient (Wildman–Crippen LogP) is 2.76. The van der Waals surface area contributed by atoms with E-state index in [9.17, 15) is 27.2 Å². The van der Waals surface area contributed by atoms with Crippen LogP contribution in [0.15, 0.2) is 30.3 Å². The molecule has 1 N–H and O–H groups in total. The van der Waals surface area contributed by atoms with Crippen LogP contribution in [0.25, 0.3) is 0 Å². The van der Waals surface area contributed by atoms with E-state index in [2.05, 4.69) is 5.32 Å². The molecule has 138 valence electrons. The first-order valence-corrected chi connectivity index (χ1v) is 7.63. The number of benzene rings is 1. The Bertz CT molecular complexity index is 803. The molecular weight excluding hydrogens is 353 g/mol. The van der Waals surface area contributed by atoms with Crippen LogP contribution in [0.4, 0.5) is 33.7 Å². The topological polar surface area (TPSA) is 54.3 Å². The number of aldehydes is 1. The smallest absolute Gasteiger partial charge is 0.373 e. The van der Waals surface area contributed by atoms with Crippen LogP contribution in [0, 0.1) is 5.95 Å². The molecule has 0 aliphatic heterocycles. The molecule has 0 radical (unpaired) electrons. The average Bonchev–Trinajstić information content (AvgIpc) is 2.85. The van der Waals surface area contributed by atoms with Crippen molar-refractivity contribution >= 4 is 31.3 Å². The van der Waals surface area contributed by atoms with Crippen molar-refractivity contribution in [3.05, 3.63) is 47.5 Å². The summed E-state index contributed by atoms with van der Waals surface area (Å²) in [5, 5.41) is 2.37. The molecule has 1 aromatic carbocycles. The summed E-state index contributed by atoms with van der Waals surface area (Å²) in [6.45, 7) is 0.300. The molecular formula is C16H16BF4N3O2. The van der Waals surface area contributed by atoms with Gasteiger partial charge in [0.25, 0.3) is 0 Å². The van der Waals surface area contributed by atoms with Crippen molar-refractivity contribution < 1.29 is 27.2 Å². The zero-order valence-corrected chi connectivity index (χ0v) is 14.1. The van der Waals surface area contributed by atoms with E-state index < -0.39 is 23.5 Å². The minimum Gasteiger partial charge on any atom is -0.373 e. The van der Waals surface area contributed by atoms with Gasteiger partial charge in [-0.15, -0.1) is 0 Å². The molecule has 2 rings (SSSR count). The molecule has 1 heterocycles. The average molecular weight is 369 g/mol. The van der Waals surface area contributed by atoms with E-state index in [0.717, 1.165) is 22.8 Å². The Morgan fingerprint density at radius 2 is 1.92 bits per heavy atom. The lowest BCUT2D eigenvalue weighted by molar-refractivity contribution is -0.137. The van der Waals surface area contributed by atoms with E-state index in [4.69, 9.17) is 0 Å². The molecule has 1 amide bonds. The Balaban J connectivity index is 2.12. The lowest BCUT2D eigenvalue weighted by Crippen LogP contribution is -2.24. The van der Waals surface area contributed by atoms with E-state index >= 15 is 0 Å². The highest BCUT2D eigenvalue weighted by molar-refractivity contribution is 6.60. The molecule has 1 aromatic heterocycles. The Morgan fingerprint density at radius 3 is 2.42 bits per heavy atom. The fourth-order valence-corrected chi connectivity index (χ4v) is 2.46. The normalized spacial score (nSPS) is 11.3. The van der Waals surface area contributed by atoms with Gasteiger partial charge in [0.2, 0.25) is 7.85 Å². The summed E-state index contributed by atoms with van der Waals surface area (Å²) in [5.74, 6) is -1.14. The lowest BCUT2D eigenvalue weighted by atomic mass is 10.1. The van der Waals surface area contributed by atoms with Crippen LogP contribution in [0.3, 0.4) is 0 Å². The standard InChI is InChI=1S/C16H16BF4N3O2/c1-23(11-4-2-10(3-5-11)16(19,20)21)6-7-24-13(9-25)12(8-14(24)18)22-15(17)26/h2-5,8-9H,6-7,17H2,1H3,(H,22,26). The lowest BCUT2D eigenvalue weighted by Gasteiger charge is -2.21.